The molecule has 0 aliphatic carbocycles. The standard InChI is InChI=1S/C13H18FNO4/c1-13(2,3)19-12(17)15-10-5-4-9(8-11(10)16)18-7-6-14/h4-5,8,16H,6-7H2,1-3H3,(H,15,17). The minimum atomic E-state index is -0.666. The minimum Gasteiger partial charge on any atom is -0.506 e. The molecule has 2 N–H and O–H groups in total. The number of ether oxygens (including phenoxy) is 2. The second-order valence-corrected chi connectivity index (χ2v) is 4.84. The summed E-state index contributed by atoms with van der Waals surface area (Å²) in [7, 11) is 0. The van der Waals surface area contributed by atoms with Crippen LogP contribution < -0.4 is 10.1 Å². The summed E-state index contributed by atoms with van der Waals surface area (Å²) >= 11 is 0. The van der Waals surface area contributed by atoms with Crippen LogP contribution >= 0.6 is 0 Å². The first kappa shape index (κ1) is 15.1. The van der Waals surface area contributed by atoms with Gasteiger partial charge in [-0.05, 0) is 32.9 Å². The molecule has 0 aromatic heterocycles. The summed E-state index contributed by atoms with van der Waals surface area (Å²) in [6, 6.07) is 4.26. The van der Waals surface area contributed by atoms with Gasteiger partial charge in [0.05, 0.1) is 5.69 Å². The van der Waals surface area contributed by atoms with Crippen LogP contribution in [0.4, 0.5) is 14.9 Å². The molecular weight excluding hydrogens is 253 g/mol. The number of halogens is 1. The summed E-state index contributed by atoms with van der Waals surface area (Å²) in [5, 5.41) is 12.1. The number of carbonyl (C=O) groups excluding carboxylic acids is 1. The van der Waals surface area contributed by atoms with Gasteiger partial charge in [-0.2, -0.15) is 0 Å². The van der Waals surface area contributed by atoms with Crippen molar-refractivity contribution >= 4 is 11.8 Å². The Labute approximate surface area is 111 Å². The molecule has 0 spiro atoms. The van der Waals surface area contributed by atoms with Gasteiger partial charge in [0.15, 0.2) is 0 Å². The number of rotatable bonds is 4. The summed E-state index contributed by atoms with van der Waals surface area (Å²) in [6.07, 6.45) is -0.666. The maximum atomic E-state index is 11.9. The molecule has 0 unspecified atom stereocenters. The highest BCUT2D eigenvalue weighted by molar-refractivity contribution is 5.87. The van der Waals surface area contributed by atoms with E-state index in [2.05, 4.69) is 5.32 Å². The molecule has 0 aliphatic rings. The fraction of sp³-hybridized carbons (Fsp3) is 0.462. The molecule has 0 atom stereocenters. The van der Waals surface area contributed by atoms with Gasteiger partial charge in [-0.1, -0.05) is 0 Å². The molecule has 19 heavy (non-hydrogen) atoms. The normalized spacial score (nSPS) is 10.9. The van der Waals surface area contributed by atoms with Crippen molar-refractivity contribution in [3.05, 3.63) is 18.2 Å². The smallest absolute Gasteiger partial charge is 0.412 e. The highest BCUT2D eigenvalue weighted by Crippen LogP contribution is 2.28. The number of aromatic hydroxyl groups is 1. The van der Waals surface area contributed by atoms with Gasteiger partial charge in [-0.3, -0.25) is 5.32 Å². The van der Waals surface area contributed by atoms with E-state index in [-0.39, 0.29) is 18.0 Å². The molecular formula is C13H18FNO4. The van der Waals surface area contributed by atoms with Crippen LogP contribution in [-0.2, 0) is 4.74 Å². The summed E-state index contributed by atoms with van der Waals surface area (Å²) < 4.78 is 22.0. The van der Waals surface area contributed by atoms with Crippen molar-refractivity contribution in [2.24, 2.45) is 0 Å². The Morgan fingerprint density at radius 2 is 2.11 bits per heavy atom. The van der Waals surface area contributed by atoms with Crippen LogP contribution in [0.15, 0.2) is 18.2 Å². The van der Waals surface area contributed by atoms with Gasteiger partial charge < -0.3 is 14.6 Å². The SMILES string of the molecule is CC(C)(C)OC(=O)Nc1ccc(OCCF)cc1O. The zero-order chi connectivity index (χ0) is 14.5. The van der Waals surface area contributed by atoms with E-state index >= 15 is 0 Å². The molecule has 1 aromatic rings. The Hall–Kier alpha value is -1.98. The predicted octanol–water partition coefficient (Wildman–Crippen LogP) is 3.09. The third-order valence-electron chi connectivity index (χ3n) is 1.95. The number of hydrogen-bond acceptors (Lipinski definition) is 4. The molecule has 1 rings (SSSR count). The lowest BCUT2D eigenvalue weighted by Gasteiger charge is -2.20. The molecule has 0 radical (unpaired) electrons. The van der Waals surface area contributed by atoms with Crippen molar-refractivity contribution in [1.29, 1.82) is 0 Å². The van der Waals surface area contributed by atoms with Gasteiger partial charge in [-0.15, -0.1) is 0 Å². The molecule has 0 saturated carbocycles. The number of carbonyl (C=O) groups is 1. The van der Waals surface area contributed by atoms with Gasteiger partial charge >= 0.3 is 6.09 Å². The van der Waals surface area contributed by atoms with Crippen molar-refractivity contribution in [3.8, 4) is 11.5 Å². The number of anilines is 1. The van der Waals surface area contributed by atoms with Gasteiger partial charge in [0, 0.05) is 6.07 Å². The van der Waals surface area contributed by atoms with Crippen LogP contribution in [-0.4, -0.2) is 30.1 Å². The number of nitrogens with one attached hydrogen (secondary N) is 1. The lowest BCUT2D eigenvalue weighted by Crippen LogP contribution is -2.27. The monoisotopic (exact) mass is 271 g/mol. The third-order valence-corrected chi connectivity index (χ3v) is 1.95. The van der Waals surface area contributed by atoms with Gasteiger partial charge in [0.2, 0.25) is 0 Å². The molecule has 5 nitrogen and oxygen atoms in total. The van der Waals surface area contributed by atoms with Crippen LogP contribution in [0.2, 0.25) is 0 Å². The average Bonchev–Trinajstić information content (AvgIpc) is 2.27. The maximum Gasteiger partial charge on any atom is 0.412 e. The topological polar surface area (TPSA) is 67.8 Å². The number of hydrogen-bond donors (Lipinski definition) is 2. The van der Waals surface area contributed by atoms with Gasteiger partial charge in [0.25, 0.3) is 0 Å². The number of alkyl halides is 1. The van der Waals surface area contributed by atoms with E-state index in [1.807, 2.05) is 0 Å². The third kappa shape index (κ3) is 5.46. The lowest BCUT2D eigenvalue weighted by molar-refractivity contribution is 0.0635. The molecule has 1 amide bonds. The summed E-state index contributed by atoms with van der Waals surface area (Å²) in [5.41, 5.74) is -0.425. The lowest BCUT2D eigenvalue weighted by atomic mass is 10.2. The van der Waals surface area contributed by atoms with Gasteiger partial charge in [-0.25, -0.2) is 9.18 Å². The maximum absolute atomic E-state index is 11.9. The fourth-order valence-corrected chi connectivity index (χ4v) is 1.28. The molecule has 0 saturated heterocycles. The van der Waals surface area contributed by atoms with Crippen LogP contribution in [0.1, 0.15) is 20.8 Å². The van der Waals surface area contributed by atoms with Crippen molar-refractivity contribution in [2.75, 3.05) is 18.6 Å². The Morgan fingerprint density at radius 3 is 2.63 bits per heavy atom. The first-order valence-electron chi connectivity index (χ1n) is 5.83. The predicted molar refractivity (Wildman–Crippen MR) is 69.4 cm³/mol. The van der Waals surface area contributed by atoms with E-state index < -0.39 is 18.4 Å². The Balaban J connectivity index is 2.67. The van der Waals surface area contributed by atoms with E-state index in [9.17, 15) is 14.3 Å². The van der Waals surface area contributed by atoms with E-state index in [1.165, 1.54) is 18.2 Å². The first-order valence-corrected chi connectivity index (χ1v) is 5.83. The number of benzene rings is 1. The van der Waals surface area contributed by atoms with Crippen LogP contribution in [0, 0.1) is 0 Å². The molecule has 6 heteroatoms. The van der Waals surface area contributed by atoms with Crippen molar-refractivity contribution < 1.29 is 23.8 Å². The molecule has 0 bridgehead atoms. The van der Waals surface area contributed by atoms with Gasteiger partial charge in [0.1, 0.15) is 30.4 Å². The average molecular weight is 271 g/mol. The molecule has 0 heterocycles. The van der Waals surface area contributed by atoms with E-state index in [1.54, 1.807) is 20.8 Å². The quantitative estimate of drug-likeness (QED) is 0.826. The summed E-state index contributed by atoms with van der Waals surface area (Å²) in [5.74, 6) is 0.145. The summed E-state index contributed by atoms with van der Waals surface area (Å²) in [4.78, 5) is 11.5. The fourth-order valence-electron chi connectivity index (χ4n) is 1.28. The van der Waals surface area contributed by atoms with Crippen LogP contribution in [0.5, 0.6) is 11.5 Å². The highest BCUT2D eigenvalue weighted by atomic mass is 19.1. The zero-order valence-corrected chi connectivity index (χ0v) is 11.2. The molecule has 0 fully saturated rings. The zero-order valence-electron chi connectivity index (χ0n) is 11.2. The molecule has 1 aromatic carbocycles. The number of phenols is 1. The van der Waals surface area contributed by atoms with Crippen molar-refractivity contribution in [2.45, 2.75) is 26.4 Å². The van der Waals surface area contributed by atoms with E-state index in [0.29, 0.717) is 5.75 Å². The minimum absolute atomic E-state index is 0.0850. The molecule has 106 valence electrons. The first-order chi connectivity index (χ1) is 8.81. The number of amides is 1. The van der Waals surface area contributed by atoms with Crippen molar-refractivity contribution in [1.82, 2.24) is 0 Å². The summed E-state index contributed by atoms with van der Waals surface area (Å²) in [6.45, 7) is 4.51. The highest BCUT2D eigenvalue weighted by Gasteiger charge is 2.17. The second kappa shape index (κ2) is 6.26. The van der Waals surface area contributed by atoms with E-state index in [0.717, 1.165) is 0 Å². The Morgan fingerprint density at radius 1 is 1.42 bits per heavy atom. The van der Waals surface area contributed by atoms with Crippen LogP contribution in [0.3, 0.4) is 0 Å². The van der Waals surface area contributed by atoms with Crippen molar-refractivity contribution in [3.63, 3.8) is 0 Å². The largest absolute Gasteiger partial charge is 0.506 e. The van der Waals surface area contributed by atoms with Crippen LogP contribution in [0.25, 0.3) is 0 Å². The number of phenolic OH excluding ortho intramolecular Hbond substituents is 1. The Bertz CT molecular complexity index is 443. The van der Waals surface area contributed by atoms with E-state index in [4.69, 9.17) is 9.47 Å². The second-order valence-electron chi connectivity index (χ2n) is 4.84. The Kier molecular flexibility index (Phi) is 4.97. The molecule has 0 aliphatic heterocycles.